The second-order valence-corrected chi connectivity index (χ2v) is 10.6. The lowest BCUT2D eigenvalue weighted by Gasteiger charge is -2.41. The van der Waals surface area contributed by atoms with Crippen LogP contribution in [0.3, 0.4) is 0 Å². The fourth-order valence-electron chi connectivity index (χ4n) is 4.20. The van der Waals surface area contributed by atoms with Crippen molar-refractivity contribution in [2.45, 2.75) is 43.6 Å². The highest BCUT2D eigenvalue weighted by Crippen LogP contribution is 2.26. The Bertz CT molecular complexity index is 940. The molecule has 0 unspecified atom stereocenters. The van der Waals surface area contributed by atoms with Crippen molar-refractivity contribution >= 4 is 21.4 Å². The summed E-state index contributed by atoms with van der Waals surface area (Å²) in [5.41, 5.74) is -0.126. The molecule has 0 amide bonds. The number of thiazole rings is 1. The fraction of sp³-hybridized carbons (Fsp3) is 0.550. The highest BCUT2D eigenvalue weighted by Gasteiger charge is 2.33. The molecule has 0 aliphatic carbocycles. The molecule has 2 aromatic rings. The molecule has 1 aromatic carbocycles. The summed E-state index contributed by atoms with van der Waals surface area (Å²) in [4.78, 5) is 6.58. The highest BCUT2D eigenvalue weighted by atomic mass is 32.2. The predicted molar refractivity (Wildman–Crippen MR) is 111 cm³/mol. The summed E-state index contributed by atoms with van der Waals surface area (Å²) in [6, 6.07) is 3.25. The normalized spacial score (nSPS) is 20.5. The van der Waals surface area contributed by atoms with E-state index >= 15 is 0 Å². The maximum atomic E-state index is 13.9. The Morgan fingerprint density at radius 3 is 2.50 bits per heavy atom. The molecule has 2 saturated heterocycles. The number of aromatic nitrogens is 1. The van der Waals surface area contributed by atoms with Crippen molar-refractivity contribution in [2.24, 2.45) is 0 Å². The smallest absolute Gasteiger partial charge is 0.273 e. The van der Waals surface area contributed by atoms with Gasteiger partial charge in [0.15, 0.2) is 0 Å². The van der Waals surface area contributed by atoms with Gasteiger partial charge >= 0.3 is 0 Å². The summed E-state index contributed by atoms with van der Waals surface area (Å²) in [6.07, 6.45) is 5.24. The summed E-state index contributed by atoms with van der Waals surface area (Å²) in [5, 5.41) is 2.61. The lowest BCUT2D eigenvalue weighted by atomic mass is 10.00. The molecule has 2 aliphatic heterocycles. The van der Waals surface area contributed by atoms with Crippen LogP contribution in [0.1, 0.15) is 31.2 Å². The number of piperidine rings is 2. The first-order chi connectivity index (χ1) is 14.4. The Balaban J connectivity index is 1.27. The second kappa shape index (κ2) is 9.25. The third kappa shape index (κ3) is 5.16. The molecule has 6 nitrogen and oxygen atoms in total. The van der Waals surface area contributed by atoms with Gasteiger partial charge < -0.3 is 9.64 Å². The van der Waals surface area contributed by atoms with Gasteiger partial charge in [0.05, 0.1) is 5.75 Å². The summed E-state index contributed by atoms with van der Waals surface area (Å²) in [7, 11) is -3.69. The van der Waals surface area contributed by atoms with E-state index in [4.69, 9.17) is 4.74 Å². The molecule has 2 aliphatic rings. The van der Waals surface area contributed by atoms with E-state index in [1.807, 2.05) is 5.38 Å². The molecule has 1 aromatic heterocycles. The Hall–Kier alpha value is -1.62. The van der Waals surface area contributed by atoms with Gasteiger partial charge in [-0.15, -0.1) is 0 Å². The highest BCUT2D eigenvalue weighted by molar-refractivity contribution is 7.88. The third-order valence-corrected chi connectivity index (χ3v) is 8.32. The molecule has 0 radical (unpaired) electrons. The molecule has 0 spiro atoms. The van der Waals surface area contributed by atoms with Crippen molar-refractivity contribution in [3.05, 3.63) is 47.0 Å². The number of rotatable bonds is 6. The fourth-order valence-corrected chi connectivity index (χ4v) is 6.31. The predicted octanol–water partition coefficient (Wildman–Crippen LogP) is 3.26. The first kappa shape index (κ1) is 21.6. The van der Waals surface area contributed by atoms with Gasteiger partial charge in [0.25, 0.3) is 5.19 Å². The Kier molecular flexibility index (Phi) is 6.66. The molecule has 0 bridgehead atoms. The number of benzene rings is 1. The Morgan fingerprint density at radius 1 is 1.10 bits per heavy atom. The second-order valence-electron chi connectivity index (χ2n) is 7.77. The van der Waals surface area contributed by atoms with Crippen LogP contribution in [0.15, 0.2) is 29.8 Å². The Morgan fingerprint density at radius 2 is 1.83 bits per heavy atom. The number of halogens is 2. The van der Waals surface area contributed by atoms with Crippen molar-refractivity contribution in [3.8, 4) is 5.19 Å². The van der Waals surface area contributed by atoms with Gasteiger partial charge in [0, 0.05) is 49.4 Å². The van der Waals surface area contributed by atoms with Crippen LogP contribution in [0.5, 0.6) is 5.19 Å². The molecule has 0 N–H and O–H groups in total. The zero-order chi connectivity index (χ0) is 21.1. The van der Waals surface area contributed by atoms with Gasteiger partial charge in [0.1, 0.15) is 17.7 Å². The van der Waals surface area contributed by atoms with E-state index < -0.39 is 27.4 Å². The van der Waals surface area contributed by atoms with Gasteiger partial charge in [0.2, 0.25) is 10.0 Å². The number of sulfonamides is 1. The third-order valence-electron chi connectivity index (χ3n) is 5.83. The number of likely N-dealkylation sites (tertiary alicyclic amines) is 1. The van der Waals surface area contributed by atoms with E-state index in [9.17, 15) is 17.2 Å². The maximum absolute atomic E-state index is 13.9. The number of ether oxygens (including phenoxy) is 1. The van der Waals surface area contributed by atoms with E-state index in [0.717, 1.165) is 57.0 Å². The van der Waals surface area contributed by atoms with Crippen molar-refractivity contribution in [3.63, 3.8) is 0 Å². The standard InChI is InChI=1S/C20H25F2N3O3S2/c21-16-1-2-19(22)15(13-16)14-30(26,27)25-10-3-17(4-11-25)24-8-5-18(6-9-24)28-20-23-7-12-29-20/h1-2,7,12-13,17-18H,3-6,8-11,14H2. The van der Waals surface area contributed by atoms with E-state index in [2.05, 4.69) is 9.88 Å². The molecule has 10 heteroatoms. The Labute approximate surface area is 179 Å². The molecule has 30 heavy (non-hydrogen) atoms. The molecule has 0 atom stereocenters. The first-order valence-electron chi connectivity index (χ1n) is 10.1. The zero-order valence-corrected chi connectivity index (χ0v) is 18.2. The van der Waals surface area contributed by atoms with Crippen LogP contribution < -0.4 is 4.74 Å². The maximum Gasteiger partial charge on any atom is 0.273 e. The lowest BCUT2D eigenvalue weighted by Crippen LogP contribution is -2.50. The molecular weight excluding hydrogens is 432 g/mol. The van der Waals surface area contributed by atoms with Gasteiger partial charge in [-0.05, 0) is 43.9 Å². The van der Waals surface area contributed by atoms with Gasteiger partial charge in [-0.3, -0.25) is 0 Å². The summed E-state index contributed by atoms with van der Waals surface area (Å²) >= 11 is 1.50. The summed E-state index contributed by atoms with van der Waals surface area (Å²) < 4.78 is 59.9. The molecule has 4 rings (SSSR count). The monoisotopic (exact) mass is 457 g/mol. The molecule has 164 valence electrons. The molecular formula is C20H25F2N3O3S2. The first-order valence-corrected chi connectivity index (χ1v) is 12.6. The minimum absolute atomic E-state index is 0.126. The molecule has 0 saturated carbocycles. The van der Waals surface area contributed by atoms with E-state index in [1.54, 1.807) is 6.20 Å². The number of nitrogens with zero attached hydrogens (tertiary/aromatic N) is 3. The average Bonchev–Trinajstić information content (AvgIpc) is 3.24. The van der Waals surface area contributed by atoms with Gasteiger partial charge in [-0.2, -0.15) is 0 Å². The quantitative estimate of drug-likeness (QED) is 0.666. The van der Waals surface area contributed by atoms with Crippen LogP contribution in [0.25, 0.3) is 0 Å². The largest absolute Gasteiger partial charge is 0.467 e. The number of hydrogen-bond acceptors (Lipinski definition) is 6. The van der Waals surface area contributed by atoms with Crippen molar-refractivity contribution in [1.82, 2.24) is 14.2 Å². The molecule has 3 heterocycles. The minimum atomic E-state index is -3.69. The van der Waals surface area contributed by atoms with E-state index in [0.29, 0.717) is 24.3 Å². The minimum Gasteiger partial charge on any atom is -0.467 e. The lowest BCUT2D eigenvalue weighted by molar-refractivity contribution is 0.0584. The van der Waals surface area contributed by atoms with Crippen LogP contribution in [-0.4, -0.2) is 60.9 Å². The van der Waals surface area contributed by atoms with Crippen LogP contribution in [-0.2, 0) is 15.8 Å². The van der Waals surface area contributed by atoms with Crippen molar-refractivity contribution in [1.29, 1.82) is 0 Å². The van der Waals surface area contributed by atoms with Crippen LogP contribution in [0, 0.1) is 11.6 Å². The van der Waals surface area contributed by atoms with E-state index in [1.165, 1.54) is 15.6 Å². The number of hydrogen-bond donors (Lipinski definition) is 0. The van der Waals surface area contributed by atoms with Gasteiger partial charge in [-0.1, -0.05) is 11.3 Å². The van der Waals surface area contributed by atoms with Crippen LogP contribution >= 0.6 is 11.3 Å². The SMILES string of the molecule is O=S(=O)(Cc1cc(F)ccc1F)N1CCC(N2CCC(Oc3nccs3)CC2)CC1. The van der Waals surface area contributed by atoms with Crippen LogP contribution in [0.4, 0.5) is 8.78 Å². The topological polar surface area (TPSA) is 62.7 Å². The van der Waals surface area contributed by atoms with E-state index in [-0.39, 0.29) is 11.7 Å². The van der Waals surface area contributed by atoms with Crippen molar-refractivity contribution in [2.75, 3.05) is 26.2 Å². The average molecular weight is 458 g/mol. The summed E-state index contributed by atoms with van der Waals surface area (Å²) in [6.45, 7) is 2.64. The zero-order valence-electron chi connectivity index (χ0n) is 16.5. The summed E-state index contributed by atoms with van der Waals surface area (Å²) in [5.74, 6) is -1.85. The van der Waals surface area contributed by atoms with Gasteiger partial charge in [-0.25, -0.2) is 26.5 Å². The molecule has 2 fully saturated rings. The van der Waals surface area contributed by atoms with Crippen molar-refractivity contribution < 1.29 is 21.9 Å². The van der Waals surface area contributed by atoms with Crippen LogP contribution in [0.2, 0.25) is 0 Å².